The Bertz CT molecular complexity index is 1360. The number of carbonyl (C=O) groups is 3. The van der Waals surface area contributed by atoms with E-state index in [0.29, 0.717) is 6.42 Å². The number of benzene rings is 3. The number of halogens is 1. The van der Waals surface area contributed by atoms with Crippen molar-refractivity contribution in [2.45, 2.75) is 37.4 Å². The van der Waals surface area contributed by atoms with Gasteiger partial charge in [-0.25, -0.2) is 4.39 Å². The lowest BCUT2D eigenvalue weighted by Crippen LogP contribution is -2.65. The summed E-state index contributed by atoms with van der Waals surface area (Å²) in [6.45, 7) is 4.24. The zero-order valence-corrected chi connectivity index (χ0v) is 22.4. The van der Waals surface area contributed by atoms with E-state index in [-0.39, 0.29) is 49.5 Å². The lowest BCUT2D eigenvalue weighted by molar-refractivity contribution is -0.157. The van der Waals surface area contributed by atoms with Crippen LogP contribution in [-0.2, 0) is 27.2 Å². The minimum atomic E-state index is -0.890. The smallest absolute Gasteiger partial charge is 0.246 e. The van der Waals surface area contributed by atoms with Gasteiger partial charge in [0.25, 0.3) is 0 Å². The molecule has 1 fully saturated rings. The van der Waals surface area contributed by atoms with Gasteiger partial charge < -0.3 is 20.4 Å². The SMILES string of the molecule is C=CC[C@H]1C(=O)N([C@@H](Cc2ccc3ccccc3c2)C(=O)N(C)C)CCN1C(=O)[C@H](N)Cc1ccc(F)cc1. The summed E-state index contributed by atoms with van der Waals surface area (Å²) in [6.07, 6.45) is 2.41. The van der Waals surface area contributed by atoms with Crippen LogP contribution in [0, 0.1) is 5.82 Å². The van der Waals surface area contributed by atoms with Crippen molar-refractivity contribution in [1.82, 2.24) is 14.7 Å². The number of nitrogens with two attached hydrogens (primary N) is 1. The molecule has 39 heavy (non-hydrogen) atoms. The Balaban J connectivity index is 1.56. The molecule has 1 aliphatic rings. The molecule has 0 radical (unpaired) electrons. The first-order valence-corrected chi connectivity index (χ1v) is 13.1. The maximum absolute atomic E-state index is 13.9. The van der Waals surface area contributed by atoms with Gasteiger partial charge in [0.1, 0.15) is 17.9 Å². The quantitative estimate of drug-likeness (QED) is 0.431. The van der Waals surface area contributed by atoms with Crippen LogP contribution in [0.15, 0.2) is 79.4 Å². The molecule has 0 aliphatic carbocycles. The van der Waals surface area contributed by atoms with E-state index in [1.54, 1.807) is 37.2 Å². The number of rotatable bonds is 9. The van der Waals surface area contributed by atoms with Crippen LogP contribution < -0.4 is 5.73 Å². The molecule has 0 aromatic heterocycles. The highest BCUT2D eigenvalue weighted by molar-refractivity contribution is 5.94. The zero-order valence-electron chi connectivity index (χ0n) is 22.4. The van der Waals surface area contributed by atoms with E-state index in [1.807, 2.05) is 42.5 Å². The Morgan fingerprint density at radius 1 is 1.03 bits per heavy atom. The summed E-state index contributed by atoms with van der Waals surface area (Å²) in [4.78, 5) is 45.2. The molecule has 1 heterocycles. The Morgan fingerprint density at radius 2 is 1.69 bits per heavy atom. The number of hydrogen-bond acceptors (Lipinski definition) is 4. The molecule has 4 rings (SSSR count). The molecule has 1 aliphatic heterocycles. The van der Waals surface area contributed by atoms with E-state index in [9.17, 15) is 18.8 Å². The van der Waals surface area contributed by atoms with Gasteiger partial charge in [-0.1, -0.05) is 60.7 Å². The third-order valence-corrected chi connectivity index (χ3v) is 7.23. The Morgan fingerprint density at radius 3 is 2.36 bits per heavy atom. The van der Waals surface area contributed by atoms with Gasteiger partial charge in [0, 0.05) is 33.6 Å². The molecule has 2 N–H and O–H groups in total. The predicted molar refractivity (Wildman–Crippen MR) is 150 cm³/mol. The van der Waals surface area contributed by atoms with Gasteiger partial charge in [0.05, 0.1) is 6.04 Å². The highest BCUT2D eigenvalue weighted by atomic mass is 19.1. The number of hydrogen-bond donors (Lipinski definition) is 1. The highest BCUT2D eigenvalue weighted by Gasteiger charge is 2.42. The molecule has 3 atom stereocenters. The Kier molecular flexibility index (Phi) is 8.76. The molecule has 3 amide bonds. The summed E-state index contributed by atoms with van der Waals surface area (Å²) >= 11 is 0. The number of amides is 3. The van der Waals surface area contributed by atoms with Gasteiger partial charge in [-0.3, -0.25) is 14.4 Å². The molecular weight excluding hydrogens is 495 g/mol. The summed E-state index contributed by atoms with van der Waals surface area (Å²) < 4.78 is 13.3. The number of piperazine rings is 1. The van der Waals surface area contributed by atoms with Crippen molar-refractivity contribution in [3.05, 3.63) is 96.3 Å². The van der Waals surface area contributed by atoms with Crippen molar-refractivity contribution < 1.29 is 18.8 Å². The van der Waals surface area contributed by atoms with E-state index in [0.717, 1.165) is 21.9 Å². The molecule has 0 bridgehead atoms. The number of nitrogens with zero attached hydrogens (tertiary/aromatic N) is 3. The topological polar surface area (TPSA) is 87.0 Å². The van der Waals surface area contributed by atoms with Crippen molar-refractivity contribution in [1.29, 1.82) is 0 Å². The molecule has 1 saturated heterocycles. The lowest BCUT2D eigenvalue weighted by Gasteiger charge is -2.44. The molecule has 8 heteroatoms. The maximum Gasteiger partial charge on any atom is 0.246 e. The standard InChI is InChI=1S/C31H35FN4O3/c1-4-7-27-31(39)36(17-16-35(27)29(37)26(33)19-21-11-14-25(32)15-12-21)28(30(38)34(2)3)20-22-10-13-23-8-5-6-9-24(23)18-22/h4-6,8-15,18,26-28H,1,7,16-17,19-20,33H2,2-3H3/t26-,27+,28+/m1/s1. The number of likely N-dealkylation sites (N-methyl/N-ethyl adjacent to an activating group) is 1. The van der Waals surface area contributed by atoms with E-state index in [1.165, 1.54) is 21.9 Å². The van der Waals surface area contributed by atoms with Crippen LogP contribution in [0.4, 0.5) is 4.39 Å². The van der Waals surface area contributed by atoms with Gasteiger partial charge in [0.2, 0.25) is 17.7 Å². The fourth-order valence-electron chi connectivity index (χ4n) is 5.16. The molecule has 0 unspecified atom stereocenters. The molecule has 3 aromatic carbocycles. The van der Waals surface area contributed by atoms with Crippen LogP contribution in [-0.4, -0.2) is 77.7 Å². The Hall–Kier alpha value is -4.04. The van der Waals surface area contributed by atoms with Crippen molar-refractivity contribution in [2.24, 2.45) is 5.73 Å². The summed E-state index contributed by atoms with van der Waals surface area (Å²) in [7, 11) is 3.35. The highest BCUT2D eigenvalue weighted by Crippen LogP contribution is 2.23. The van der Waals surface area contributed by atoms with Crippen molar-refractivity contribution in [2.75, 3.05) is 27.2 Å². The second kappa shape index (κ2) is 12.2. The fraction of sp³-hybridized carbons (Fsp3) is 0.323. The minimum absolute atomic E-state index is 0.179. The summed E-state index contributed by atoms with van der Waals surface area (Å²) in [5, 5.41) is 2.16. The third kappa shape index (κ3) is 6.34. The number of fused-ring (bicyclic) bond motifs is 1. The molecule has 0 saturated carbocycles. The normalized spacial score (nSPS) is 17.1. The fourth-order valence-corrected chi connectivity index (χ4v) is 5.16. The molecular formula is C31H35FN4O3. The van der Waals surface area contributed by atoms with Crippen LogP contribution in [0.25, 0.3) is 10.8 Å². The first kappa shape index (κ1) is 28.0. The van der Waals surface area contributed by atoms with Crippen LogP contribution in [0.5, 0.6) is 0 Å². The summed E-state index contributed by atoms with van der Waals surface area (Å²) in [5.41, 5.74) is 7.93. The van der Waals surface area contributed by atoms with Gasteiger partial charge in [-0.15, -0.1) is 6.58 Å². The third-order valence-electron chi connectivity index (χ3n) is 7.23. The zero-order chi connectivity index (χ0) is 28.1. The van der Waals surface area contributed by atoms with Gasteiger partial charge in [0.15, 0.2) is 0 Å². The Labute approximate surface area is 228 Å². The molecule has 0 spiro atoms. The van der Waals surface area contributed by atoms with Crippen molar-refractivity contribution in [3.8, 4) is 0 Å². The lowest BCUT2D eigenvalue weighted by atomic mass is 9.97. The average molecular weight is 531 g/mol. The monoisotopic (exact) mass is 530 g/mol. The first-order chi connectivity index (χ1) is 18.7. The van der Waals surface area contributed by atoms with E-state index in [2.05, 4.69) is 6.58 Å². The van der Waals surface area contributed by atoms with Gasteiger partial charge in [-0.2, -0.15) is 0 Å². The van der Waals surface area contributed by atoms with Crippen molar-refractivity contribution >= 4 is 28.5 Å². The minimum Gasteiger partial charge on any atom is -0.347 e. The molecule has 3 aromatic rings. The van der Waals surface area contributed by atoms with E-state index >= 15 is 0 Å². The van der Waals surface area contributed by atoms with Gasteiger partial charge >= 0.3 is 0 Å². The summed E-state index contributed by atoms with van der Waals surface area (Å²) in [5.74, 6) is -1.20. The average Bonchev–Trinajstić information content (AvgIpc) is 2.93. The van der Waals surface area contributed by atoms with E-state index < -0.39 is 18.1 Å². The van der Waals surface area contributed by atoms with E-state index in [4.69, 9.17) is 5.73 Å². The second-order valence-electron chi connectivity index (χ2n) is 10.2. The molecule has 204 valence electrons. The summed E-state index contributed by atoms with van der Waals surface area (Å²) in [6, 6.07) is 17.5. The van der Waals surface area contributed by atoms with Crippen molar-refractivity contribution in [3.63, 3.8) is 0 Å². The van der Waals surface area contributed by atoms with Crippen LogP contribution in [0.1, 0.15) is 17.5 Å². The molecule has 7 nitrogen and oxygen atoms in total. The first-order valence-electron chi connectivity index (χ1n) is 13.1. The predicted octanol–water partition coefficient (Wildman–Crippen LogP) is 3.16. The van der Waals surface area contributed by atoms with Crippen LogP contribution in [0.3, 0.4) is 0 Å². The van der Waals surface area contributed by atoms with Crippen LogP contribution in [0.2, 0.25) is 0 Å². The maximum atomic E-state index is 13.9. The van der Waals surface area contributed by atoms with Crippen LogP contribution >= 0.6 is 0 Å². The second-order valence-corrected chi connectivity index (χ2v) is 10.2. The largest absolute Gasteiger partial charge is 0.347 e. The van der Waals surface area contributed by atoms with Gasteiger partial charge in [-0.05, 0) is 46.9 Å². The number of carbonyl (C=O) groups excluding carboxylic acids is 3.